The summed E-state index contributed by atoms with van der Waals surface area (Å²) in [6.45, 7) is 13.7. The maximum atomic E-state index is 12.9. The van der Waals surface area contributed by atoms with E-state index < -0.39 is 0 Å². The number of benzene rings is 2. The molecule has 0 unspecified atom stereocenters. The molecule has 0 saturated carbocycles. The molecule has 0 bridgehead atoms. The molecule has 1 heterocycles. The Morgan fingerprint density at radius 3 is 2.11 bits per heavy atom. The Morgan fingerprint density at radius 1 is 0.929 bits per heavy atom. The van der Waals surface area contributed by atoms with Crippen molar-refractivity contribution in [3.63, 3.8) is 0 Å². The van der Waals surface area contributed by atoms with Crippen molar-refractivity contribution in [2.45, 2.75) is 46.1 Å². The van der Waals surface area contributed by atoms with Crippen molar-refractivity contribution in [2.24, 2.45) is 0 Å². The lowest BCUT2D eigenvalue weighted by atomic mass is 9.86. The van der Waals surface area contributed by atoms with Gasteiger partial charge in [-0.1, -0.05) is 45.0 Å². The summed E-state index contributed by atoms with van der Waals surface area (Å²) in [5, 5.41) is 0. The SMILES string of the molecule is CC(C)Oc1ccccc1N1CCN(C(=O)c2ccc(C(C)(C)C)cc2)CC1. The molecule has 0 atom stereocenters. The Bertz CT molecular complexity index is 798. The van der Waals surface area contributed by atoms with E-state index >= 15 is 0 Å². The zero-order valence-electron chi connectivity index (χ0n) is 17.7. The highest BCUT2D eigenvalue weighted by Crippen LogP contribution is 2.30. The molecule has 2 aromatic rings. The van der Waals surface area contributed by atoms with E-state index in [-0.39, 0.29) is 17.4 Å². The third kappa shape index (κ3) is 4.67. The van der Waals surface area contributed by atoms with Crippen LogP contribution in [-0.4, -0.2) is 43.1 Å². The van der Waals surface area contributed by atoms with Gasteiger partial charge in [-0.3, -0.25) is 4.79 Å². The molecule has 3 rings (SSSR count). The largest absolute Gasteiger partial charge is 0.489 e. The monoisotopic (exact) mass is 380 g/mol. The molecule has 0 aliphatic carbocycles. The summed E-state index contributed by atoms with van der Waals surface area (Å²) in [7, 11) is 0. The summed E-state index contributed by atoms with van der Waals surface area (Å²) < 4.78 is 5.96. The van der Waals surface area contributed by atoms with Crippen LogP contribution in [0.15, 0.2) is 48.5 Å². The number of nitrogens with zero attached hydrogens (tertiary/aromatic N) is 2. The van der Waals surface area contributed by atoms with Gasteiger partial charge in [0, 0.05) is 31.7 Å². The molecule has 1 saturated heterocycles. The number of carbonyl (C=O) groups is 1. The van der Waals surface area contributed by atoms with E-state index in [1.165, 1.54) is 5.56 Å². The lowest BCUT2D eigenvalue weighted by Crippen LogP contribution is -2.48. The first-order chi connectivity index (χ1) is 13.3. The van der Waals surface area contributed by atoms with Crippen molar-refractivity contribution in [3.8, 4) is 5.75 Å². The minimum absolute atomic E-state index is 0.0959. The molecule has 1 fully saturated rings. The molecule has 1 aliphatic heterocycles. The second-order valence-corrected chi connectivity index (χ2v) is 8.74. The van der Waals surface area contributed by atoms with Crippen molar-refractivity contribution >= 4 is 11.6 Å². The number of anilines is 1. The molecule has 4 heteroatoms. The first-order valence-corrected chi connectivity index (χ1v) is 10.2. The Kier molecular flexibility index (Phi) is 5.97. The number of ether oxygens (including phenoxy) is 1. The van der Waals surface area contributed by atoms with Gasteiger partial charge in [0.1, 0.15) is 5.75 Å². The summed E-state index contributed by atoms with van der Waals surface area (Å²) in [5.74, 6) is 1.03. The molecule has 1 aliphatic rings. The zero-order valence-corrected chi connectivity index (χ0v) is 17.7. The quantitative estimate of drug-likeness (QED) is 0.768. The van der Waals surface area contributed by atoms with E-state index in [0.717, 1.165) is 43.2 Å². The molecule has 0 radical (unpaired) electrons. The number of amides is 1. The van der Waals surface area contributed by atoms with E-state index in [2.05, 4.69) is 43.9 Å². The van der Waals surface area contributed by atoms with E-state index in [1.54, 1.807) is 0 Å². The van der Waals surface area contributed by atoms with Crippen molar-refractivity contribution in [2.75, 3.05) is 31.1 Å². The van der Waals surface area contributed by atoms with Crippen LogP contribution in [0, 0.1) is 0 Å². The third-order valence-electron chi connectivity index (χ3n) is 5.13. The number of rotatable bonds is 4. The maximum absolute atomic E-state index is 12.9. The highest BCUT2D eigenvalue weighted by Gasteiger charge is 2.24. The normalized spacial score (nSPS) is 15.1. The third-order valence-corrected chi connectivity index (χ3v) is 5.13. The Labute approximate surface area is 169 Å². The van der Waals surface area contributed by atoms with Gasteiger partial charge in [-0.2, -0.15) is 0 Å². The van der Waals surface area contributed by atoms with E-state index in [4.69, 9.17) is 4.74 Å². The summed E-state index contributed by atoms with van der Waals surface area (Å²) >= 11 is 0. The predicted octanol–water partition coefficient (Wildman–Crippen LogP) is 4.73. The molecule has 4 nitrogen and oxygen atoms in total. The molecule has 150 valence electrons. The number of piperazine rings is 1. The second-order valence-electron chi connectivity index (χ2n) is 8.74. The van der Waals surface area contributed by atoms with Gasteiger partial charge in [0.05, 0.1) is 11.8 Å². The number of carbonyl (C=O) groups excluding carboxylic acids is 1. The fourth-order valence-corrected chi connectivity index (χ4v) is 3.52. The fraction of sp³-hybridized carbons (Fsp3) is 0.458. The number of hydrogen-bond donors (Lipinski definition) is 0. The molecule has 1 amide bonds. The highest BCUT2D eigenvalue weighted by molar-refractivity contribution is 5.94. The lowest BCUT2D eigenvalue weighted by Gasteiger charge is -2.37. The minimum atomic E-state index is 0.0959. The van der Waals surface area contributed by atoms with E-state index in [0.29, 0.717) is 0 Å². The molecular formula is C24H32N2O2. The van der Waals surface area contributed by atoms with Gasteiger partial charge in [-0.05, 0) is 49.1 Å². The lowest BCUT2D eigenvalue weighted by molar-refractivity contribution is 0.0746. The van der Waals surface area contributed by atoms with Crippen LogP contribution < -0.4 is 9.64 Å². The van der Waals surface area contributed by atoms with Crippen LogP contribution in [0.25, 0.3) is 0 Å². The molecule has 28 heavy (non-hydrogen) atoms. The van der Waals surface area contributed by atoms with Crippen molar-refractivity contribution in [1.82, 2.24) is 4.90 Å². The van der Waals surface area contributed by atoms with Crippen LogP contribution in [0.5, 0.6) is 5.75 Å². The topological polar surface area (TPSA) is 32.8 Å². The minimum Gasteiger partial charge on any atom is -0.489 e. The standard InChI is InChI=1S/C24H32N2O2/c1-18(2)28-22-9-7-6-8-21(22)25-14-16-26(17-15-25)23(27)19-10-12-20(13-11-19)24(3,4)5/h6-13,18H,14-17H2,1-5H3. The molecule has 0 aromatic heterocycles. The van der Waals surface area contributed by atoms with Crippen LogP contribution in [0.1, 0.15) is 50.5 Å². The summed E-state index contributed by atoms with van der Waals surface area (Å²) in [4.78, 5) is 17.2. The van der Waals surface area contributed by atoms with Crippen molar-refractivity contribution < 1.29 is 9.53 Å². The molecule has 0 spiro atoms. The van der Waals surface area contributed by atoms with Crippen LogP contribution in [-0.2, 0) is 5.41 Å². The number of para-hydroxylation sites is 2. The van der Waals surface area contributed by atoms with Crippen LogP contribution >= 0.6 is 0 Å². The van der Waals surface area contributed by atoms with E-state index in [1.807, 2.05) is 49.1 Å². The second kappa shape index (κ2) is 8.26. The predicted molar refractivity (Wildman–Crippen MR) is 115 cm³/mol. The first kappa shape index (κ1) is 20.2. The van der Waals surface area contributed by atoms with Crippen molar-refractivity contribution in [3.05, 3.63) is 59.7 Å². The smallest absolute Gasteiger partial charge is 0.253 e. The average molecular weight is 381 g/mol. The number of hydrogen-bond acceptors (Lipinski definition) is 3. The van der Waals surface area contributed by atoms with Gasteiger partial charge in [0.15, 0.2) is 0 Å². The van der Waals surface area contributed by atoms with Gasteiger partial charge in [-0.15, -0.1) is 0 Å². The molecular weight excluding hydrogens is 348 g/mol. The summed E-state index contributed by atoms with van der Waals surface area (Å²) in [5.41, 5.74) is 3.22. The van der Waals surface area contributed by atoms with E-state index in [9.17, 15) is 4.79 Å². The summed E-state index contributed by atoms with van der Waals surface area (Å²) in [6, 6.07) is 16.2. The van der Waals surface area contributed by atoms with Gasteiger partial charge < -0.3 is 14.5 Å². The van der Waals surface area contributed by atoms with Gasteiger partial charge in [-0.25, -0.2) is 0 Å². The Balaban J connectivity index is 1.65. The fourth-order valence-electron chi connectivity index (χ4n) is 3.52. The first-order valence-electron chi connectivity index (χ1n) is 10.2. The zero-order chi connectivity index (χ0) is 20.3. The Hall–Kier alpha value is -2.49. The molecule has 0 N–H and O–H groups in total. The average Bonchev–Trinajstić information content (AvgIpc) is 2.67. The molecule has 2 aromatic carbocycles. The van der Waals surface area contributed by atoms with Crippen molar-refractivity contribution in [1.29, 1.82) is 0 Å². The highest BCUT2D eigenvalue weighted by atomic mass is 16.5. The van der Waals surface area contributed by atoms with Crippen LogP contribution in [0.4, 0.5) is 5.69 Å². The summed E-state index contributed by atoms with van der Waals surface area (Å²) in [6.07, 6.45) is 0.139. The van der Waals surface area contributed by atoms with Gasteiger partial charge in [0.2, 0.25) is 0 Å². The van der Waals surface area contributed by atoms with Crippen LogP contribution in [0.3, 0.4) is 0 Å². The maximum Gasteiger partial charge on any atom is 0.253 e. The van der Waals surface area contributed by atoms with Crippen LogP contribution in [0.2, 0.25) is 0 Å². The Morgan fingerprint density at radius 2 is 1.54 bits per heavy atom. The van der Waals surface area contributed by atoms with Gasteiger partial charge in [0.25, 0.3) is 5.91 Å². The van der Waals surface area contributed by atoms with Gasteiger partial charge >= 0.3 is 0 Å².